The number of nitrogens with one attached hydrogen (secondary N) is 1. The lowest BCUT2D eigenvalue weighted by molar-refractivity contribution is -0.384. The molecule has 0 bridgehead atoms. The molecule has 0 radical (unpaired) electrons. The maximum Gasteiger partial charge on any atom is 0.416 e. The number of alkyl halides is 3. The molecule has 0 spiro atoms. The zero-order valence-corrected chi connectivity index (χ0v) is 9.33. The number of nitro groups is 1. The third-order valence-electron chi connectivity index (χ3n) is 2.99. The van der Waals surface area contributed by atoms with Crippen molar-refractivity contribution in [2.45, 2.75) is 31.5 Å². The van der Waals surface area contributed by atoms with E-state index in [1.807, 2.05) is 0 Å². The molecule has 1 aliphatic rings. The average Bonchev–Trinajstić information content (AvgIpc) is 2.21. The van der Waals surface area contributed by atoms with Crippen LogP contribution in [0.25, 0.3) is 0 Å². The van der Waals surface area contributed by atoms with Gasteiger partial charge in [0.2, 0.25) is 0 Å². The number of halogens is 3. The van der Waals surface area contributed by atoms with Crippen LogP contribution < -0.4 is 5.32 Å². The van der Waals surface area contributed by atoms with Crippen molar-refractivity contribution < 1.29 is 18.1 Å². The molecular formula is C11H11F3N2O2. The van der Waals surface area contributed by atoms with E-state index < -0.39 is 22.4 Å². The summed E-state index contributed by atoms with van der Waals surface area (Å²) in [5, 5.41) is 13.7. The Bertz CT molecular complexity index is 470. The highest BCUT2D eigenvalue weighted by atomic mass is 19.4. The normalized spacial score (nSPS) is 16.2. The Hall–Kier alpha value is -1.79. The minimum Gasteiger partial charge on any atom is -0.377 e. The lowest BCUT2D eigenvalue weighted by Gasteiger charge is -2.27. The summed E-state index contributed by atoms with van der Waals surface area (Å²) in [5.74, 6) is 0. The minimum atomic E-state index is -4.57. The summed E-state index contributed by atoms with van der Waals surface area (Å²) in [4.78, 5) is 9.99. The van der Waals surface area contributed by atoms with E-state index in [0.717, 1.165) is 31.4 Å². The van der Waals surface area contributed by atoms with Gasteiger partial charge in [-0.3, -0.25) is 10.1 Å². The van der Waals surface area contributed by atoms with E-state index in [1.165, 1.54) is 0 Å². The Morgan fingerprint density at radius 3 is 2.44 bits per heavy atom. The molecule has 1 fully saturated rings. The second-order valence-corrected chi connectivity index (χ2v) is 4.26. The van der Waals surface area contributed by atoms with Gasteiger partial charge in [0.05, 0.1) is 10.5 Å². The molecule has 98 valence electrons. The molecule has 1 aromatic carbocycles. The van der Waals surface area contributed by atoms with Crippen LogP contribution in [0.1, 0.15) is 24.8 Å². The molecule has 0 amide bonds. The molecule has 1 aromatic rings. The fraction of sp³-hybridized carbons (Fsp3) is 0.455. The predicted molar refractivity (Wildman–Crippen MR) is 59.4 cm³/mol. The average molecular weight is 260 g/mol. The highest BCUT2D eigenvalue weighted by molar-refractivity contribution is 5.63. The smallest absolute Gasteiger partial charge is 0.377 e. The van der Waals surface area contributed by atoms with Crippen molar-refractivity contribution in [2.24, 2.45) is 0 Å². The van der Waals surface area contributed by atoms with Crippen molar-refractivity contribution in [3.8, 4) is 0 Å². The van der Waals surface area contributed by atoms with Crippen molar-refractivity contribution >= 4 is 11.4 Å². The van der Waals surface area contributed by atoms with Crippen LogP contribution in [0.4, 0.5) is 24.5 Å². The van der Waals surface area contributed by atoms with Gasteiger partial charge in [0, 0.05) is 12.1 Å². The Kier molecular flexibility index (Phi) is 3.14. The molecule has 1 saturated carbocycles. The molecule has 0 aliphatic heterocycles. The summed E-state index contributed by atoms with van der Waals surface area (Å²) in [6.07, 6.45) is -1.76. The number of rotatable bonds is 3. The second-order valence-electron chi connectivity index (χ2n) is 4.26. The quantitative estimate of drug-likeness (QED) is 0.667. The largest absolute Gasteiger partial charge is 0.416 e. The van der Waals surface area contributed by atoms with Gasteiger partial charge in [-0.15, -0.1) is 0 Å². The highest BCUT2D eigenvalue weighted by Crippen LogP contribution is 2.36. The summed E-state index contributed by atoms with van der Waals surface area (Å²) in [6, 6.07) is 2.68. The Morgan fingerprint density at radius 2 is 2.00 bits per heavy atom. The lowest BCUT2D eigenvalue weighted by atomic mass is 9.93. The van der Waals surface area contributed by atoms with Crippen LogP contribution in [-0.4, -0.2) is 11.0 Å². The van der Waals surface area contributed by atoms with Crippen LogP contribution in [0.2, 0.25) is 0 Å². The van der Waals surface area contributed by atoms with Crippen LogP contribution >= 0.6 is 0 Å². The van der Waals surface area contributed by atoms with Crippen LogP contribution in [0.5, 0.6) is 0 Å². The summed E-state index contributed by atoms with van der Waals surface area (Å²) < 4.78 is 37.4. The van der Waals surface area contributed by atoms with E-state index in [-0.39, 0.29) is 11.7 Å². The SMILES string of the molecule is O=[N+]([O-])c1cc(C(F)(F)F)ccc1NC1CCC1. The van der Waals surface area contributed by atoms with Crippen molar-refractivity contribution in [1.82, 2.24) is 0 Å². The topological polar surface area (TPSA) is 55.2 Å². The number of hydrogen-bond acceptors (Lipinski definition) is 3. The maximum atomic E-state index is 12.5. The van der Waals surface area contributed by atoms with E-state index in [4.69, 9.17) is 0 Å². The standard InChI is InChI=1S/C11H11F3N2O2/c12-11(13,14)7-4-5-9(10(6-7)16(17)18)15-8-2-1-3-8/h4-6,8,15H,1-3H2. The van der Waals surface area contributed by atoms with Crippen molar-refractivity contribution in [1.29, 1.82) is 0 Å². The van der Waals surface area contributed by atoms with E-state index >= 15 is 0 Å². The van der Waals surface area contributed by atoms with Crippen molar-refractivity contribution in [3.05, 3.63) is 33.9 Å². The zero-order valence-electron chi connectivity index (χ0n) is 9.33. The Morgan fingerprint density at radius 1 is 1.33 bits per heavy atom. The van der Waals surface area contributed by atoms with Crippen LogP contribution in [-0.2, 0) is 6.18 Å². The van der Waals surface area contributed by atoms with Gasteiger partial charge in [-0.1, -0.05) is 0 Å². The highest BCUT2D eigenvalue weighted by Gasteiger charge is 2.33. The van der Waals surface area contributed by atoms with E-state index in [9.17, 15) is 23.3 Å². The van der Waals surface area contributed by atoms with E-state index in [0.29, 0.717) is 6.07 Å². The first-order valence-corrected chi connectivity index (χ1v) is 5.50. The van der Waals surface area contributed by atoms with Gasteiger partial charge in [-0.2, -0.15) is 13.2 Å². The Balaban J connectivity index is 2.31. The van der Waals surface area contributed by atoms with E-state index in [2.05, 4.69) is 5.32 Å². The van der Waals surface area contributed by atoms with Gasteiger partial charge in [0.25, 0.3) is 5.69 Å². The van der Waals surface area contributed by atoms with Gasteiger partial charge < -0.3 is 5.32 Å². The van der Waals surface area contributed by atoms with Crippen molar-refractivity contribution in [3.63, 3.8) is 0 Å². The van der Waals surface area contributed by atoms with Crippen molar-refractivity contribution in [2.75, 3.05) is 5.32 Å². The number of benzene rings is 1. The van der Waals surface area contributed by atoms with Crippen LogP contribution in [0.3, 0.4) is 0 Å². The molecular weight excluding hydrogens is 249 g/mol. The predicted octanol–water partition coefficient (Wildman–Crippen LogP) is 3.58. The number of nitro benzene ring substituents is 1. The molecule has 1 N–H and O–H groups in total. The van der Waals surface area contributed by atoms with E-state index in [1.54, 1.807) is 0 Å². The van der Waals surface area contributed by atoms with Crippen LogP contribution in [0.15, 0.2) is 18.2 Å². The minimum absolute atomic E-state index is 0.125. The zero-order chi connectivity index (χ0) is 13.3. The number of hydrogen-bond donors (Lipinski definition) is 1. The molecule has 2 rings (SSSR count). The van der Waals surface area contributed by atoms with Gasteiger partial charge >= 0.3 is 6.18 Å². The number of anilines is 1. The molecule has 0 unspecified atom stereocenters. The molecule has 1 aliphatic carbocycles. The fourth-order valence-electron chi connectivity index (χ4n) is 1.75. The molecule has 0 saturated heterocycles. The molecule has 4 nitrogen and oxygen atoms in total. The van der Waals surface area contributed by atoms with Gasteiger partial charge in [0.15, 0.2) is 0 Å². The maximum absolute atomic E-state index is 12.5. The summed E-state index contributed by atoms with van der Waals surface area (Å²) in [5.41, 5.74) is -1.39. The molecule has 18 heavy (non-hydrogen) atoms. The first-order valence-electron chi connectivity index (χ1n) is 5.50. The molecule has 7 heteroatoms. The first-order chi connectivity index (χ1) is 8.38. The molecule has 0 aromatic heterocycles. The summed E-state index contributed by atoms with van der Waals surface area (Å²) >= 11 is 0. The summed E-state index contributed by atoms with van der Waals surface area (Å²) in [7, 11) is 0. The van der Waals surface area contributed by atoms with Crippen LogP contribution in [0, 0.1) is 10.1 Å². The van der Waals surface area contributed by atoms with Gasteiger partial charge in [0.1, 0.15) is 5.69 Å². The lowest BCUT2D eigenvalue weighted by Crippen LogP contribution is -2.27. The summed E-state index contributed by atoms with van der Waals surface area (Å²) in [6.45, 7) is 0. The number of nitrogens with zero attached hydrogens (tertiary/aromatic N) is 1. The third kappa shape index (κ3) is 2.55. The second kappa shape index (κ2) is 4.47. The molecule has 0 atom stereocenters. The third-order valence-corrected chi connectivity index (χ3v) is 2.99. The van der Waals surface area contributed by atoms with Gasteiger partial charge in [-0.25, -0.2) is 0 Å². The van der Waals surface area contributed by atoms with Gasteiger partial charge in [-0.05, 0) is 31.4 Å². The molecule has 0 heterocycles. The first kappa shape index (κ1) is 12.7. The Labute approximate surface area is 101 Å². The fourth-order valence-corrected chi connectivity index (χ4v) is 1.75. The monoisotopic (exact) mass is 260 g/mol.